The molecule has 4 aliphatic rings. The molecule has 24 heteroatoms. The number of nitrogens with one attached hydrogen (secondary N) is 2. The van der Waals surface area contributed by atoms with Gasteiger partial charge < -0.3 is 46.2 Å². The van der Waals surface area contributed by atoms with Crippen LogP contribution in [0.3, 0.4) is 0 Å². The van der Waals surface area contributed by atoms with Gasteiger partial charge >= 0.3 is 41.5 Å². The number of thioether (sulfide) groups is 2. The number of nitrogen functional groups attached to an aromatic ring is 1. The fourth-order valence-corrected chi connectivity index (χ4v) is 8.83. The van der Waals surface area contributed by atoms with Crippen molar-refractivity contribution in [1.29, 1.82) is 0 Å². The van der Waals surface area contributed by atoms with Crippen LogP contribution in [0.5, 0.6) is 23.0 Å². The van der Waals surface area contributed by atoms with E-state index in [-0.39, 0.29) is 99.4 Å². The summed E-state index contributed by atoms with van der Waals surface area (Å²) in [5.41, 5.74) is 10.00. The number of phenolic OH excluding ortho intramolecular Hbond substituents is 4. The first kappa shape index (κ1) is 42.2. The Hall–Kier alpha value is -5.43. The number of carboxylic acids is 1. The van der Waals surface area contributed by atoms with Crippen LogP contribution >= 0.6 is 34.9 Å². The number of hydrogen-bond acceptors (Lipinski definition) is 20. The molecule has 7 rings (SSSR count). The van der Waals surface area contributed by atoms with Gasteiger partial charge in [0.15, 0.2) is 46.4 Å². The number of ether oxygens (including phenoxy) is 1. The predicted octanol–water partition coefficient (Wildman–Crippen LogP) is 1.26. The quantitative estimate of drug-likeness (QED) is 0.0300. The molecule has 2 amide bonds. The van der Waals surface area contributed by atoms with Crippen LogP contribution in [-0.2, 0) is 30.6 Å². The molecule has 0 unspecified atom stereocenters. The number of β-lactam (4-membered cyclic amide) rings is 1. The number of nitrogens with zero attached hydrogens (tertiary/aromatic N) is 6. The summed E-state index contributed by atoms with van der Waals surface area (Å²) in [6.45, 7) is 1.34. The van der Waals surface area contributed by atoms with E-state index in [2.05, 4.69) is 26.0 Å². The minimum atomic E-state index is -1.31. The van der Waals surface area contributed by atoms with Gasteiger partial charge in [-0.3, -0.25) is 19.5 Å². The van der Waals surface area contributed by atoms with Crippen molar-refractivity contribution in [3.63, 3.8) is 0 Å². The number of aromatic hydroxyl groups is 4. The molecule has 0 radical (unpaired) electrons. The molecule has 5 heterocycles. The topological polar surface area (TPSA) is 285 Å². The number of rotatable bonds is 13. The van der Waals surface area contributed by atoms with Crippen molar-refractivity contribution in [3.05, 3.63) is 93.0 Å². The van der Waals surface area contributed by atoms with Crippen LogP contribution in [-0.4, -0.2) is 140 Å². The van der Waals surface area contributed by atoms with E-state index in [4.69, 9.17) is 15.3 Å². The second-order valence-electron chi connectivity index (χ2n) is 12.4. The Morgan fingerprint density at radius 1 is 1.10 bits per heavy atom. The van der Waals surface area contributed by atoms with Gasteiger partial charge in [0.2, 0.25) is 0 Å². The summed E-state index contributed by atoms with van der Waals surface area (Å²) >= 11 is 3.61. The zero-order chi connectivity index (χ0) is 40.5. The zero-order valence-corrected chi connectivity index (χ0v) is 31.8. The van der Waals surface area contributed by atoms with Crippen LogP contribution in [0.15, 0.2) is 86.3 Å². The fraction of sp³-hybridized carbons (Fsp3) is 0.206. The monoisotopic (exact) mass is 861 g/mol. The number of carbonyl (C=O) groups excluding carboxylic acids is 3. The number of nitrogens with two attached hydrogens (primary N) is 1. The Morgan fingerprint density at radius 2 is 1.84 bits per heavy atom. The van der Waals surface area contributed by atoms with Gasteiger partial charge in [-0.2, -0.15) is 0 Å². The van der Waals surface area contributed by atoms with Gasteiger partial charge in [0, 0.05) is 22.6 Å². The number of thiazole rings is 1. The van der Waals surface area contributed by atoms with E-state index < -0.39 is 40.9 Å². The van der Waals surface area contributed by atoms with Crippen molar-refractivity contribution in [1.82, 2.24) is 30.8 Å². The molecule has 1 aromatic heterocycles. The molecule has 0 saturated carbocycles. The average Bonchev–Trinajstić information content (AvgIpc) is 3.80. The second-order valence-corrected chi connectivity index (χ2v) is 15.4. The van der Waals surface area contributed by atoms with Gasteiger partial charge in [-0.1, -0.05) is 11.2 Å². The van der Waals surface area contributed by atoms with Crippen molar-refractivity contribution >= 4 is 105 Å². The summed E-state index contributed by atoms with van der Waals surface area (Å²) in [5.74, 6) is -4.19. The van der Waals surface area contributed by atoms with Gasteiger partial charge in [0.1, 0.15) is 29.4 Å². The Morgan fingerprint density at radius 3 is 2.53 bits per heavy atom. The third kappa shape index (κ3) is 8.84. The molecule has 2 aromatic carbocycles. The molecule has 298 valence electrons. The summed E-state index contributed by atoms with van der Waals surface area (Å²) in [5, 5.41) is 60.0. The zero-order valence-electron chi connectivity index (χ0n) is 29.4. The molecular weight excluding hydrogens is 830 g/mol. The maximum atomic E-state index is 13.5. The number of phenols is 4. The molecule has 1 fully saturated rings. The van der Waals surface area contributed by atoms with Gasteiger partial charge in [0.25, 0.3) is 11.8 Å². The number of esters is 1. The van der Waals surface area contributed by atoms with E-state index in [1.54, 1.807) is 24.2 Å². The van der Waals surface area contributed by atoms with Crippen LogP contribution in [0.4, 0.5) is 5.13 Å². The number of oxime groups is 1. The van der Waals surface area contributed by atoms with Crippen LogP contribution in [0.25, 0.3) is 0 Å². The van der Waals surface area contributed by atoms with E-state index in [0.29, 0.717) is 27.7 Å². The summed E-state index contributed by atoms with van der Waals surface area (Å²) in [6.07, 6.45) is 3.37. The molecule has 1 saturated heterocycles. The molecule has 0 bridgehead atoms. The Kier molecular flexibility index (Phi) is 12.8. The number of benzene rings is 2. The molecular formula is C34H32N9NaO11S3. The summed E-state index contributed by atoms with van der Waals surface area (Å²) in [6, 6.07) is 6.47. The molecule has 4 aliphatic heterocycles. The number of carboxylic acid groups (broad SMARTS) is 1. The Labute approximate surface area is 362 Å². The number of amides is 2. The van der Waals surface area contributed by atoms with Crippen molar-refractivity contribution in [3.8, 4) is 23.0 Å². The van der Waals surface area contributed by atoms with E-state index in [1.165, 1.54) is 64.2 Å². The summed E-state index contributed by atoms with van der Waals surface area (Å²) < 4.78 is 5.33. The van der Waals surface area contributed by atoms with E-state index in [0.717, 1.165) is 22.3 Å². The normalized spacial score (nSPS) is 18.6. The van der Waals surface area contributed by atoms with Crippen molar-refractivity contribution in [2.24, 2.45) is 10.1 Å². The number of allylic oxidation sites excluding steroid dienone is 1. The van der Waals surface area contributed by atoms with E-state index >= 15 is 0 Å². The van der Waals surface area contributed by atoms with Crippen LogP contribution in [0.2, 0.25) is 0 Å². The first-order chi connectivity index (χ1) is 27.3. The van der Waals surface area contributed by atoms with E-state index in [1.807, 2.05) is 0 Å². The fourth-order valence-electron chi connectivity index (χ4n) is 5.73. The van der Waals surface area contributed by atoms with Crippen molar-refractivity contribution in [2.75, 3.05) is 24.0 Å². The van der Waals surface area contributed by atoms with Crippen molar-refractivity contribution < 1.29 is 54.3 Å². The third-order valence-corrected chi connectivity index (χ3v) is 11.6. The average molecular weight is 862 g/mol. The van der Waals surface area contributed by atoms with E-state index in [9.17, 15) is 44.7 Å². The van der Waals surface area contributed by atoms with Gasteiger partial charge in [-0.25, -0.2) is 24.6 Å². The second kappa shape index (κ2) is 17.6. The van der Waals surface area contributed by atoms with Gasteiger partial charge in [-0.15, -0.1) is 40.4 Å². The SMILES string of the molecule is CC1=NC2=CN(COC(=O)c3ccc(O)c(O)c3)NN2C(SCC2=C(C(=O)O)N3C(=O)[C@@H](NC(=O)C(=NOCc4ccc(O)c(O)c4)c4csc(N)n4)[C@H]3SC2)=C1.[NaH]. The van der Waals surface area contributed by atoms with Crippen LogP contribution in [0, 0.1) is 0 Å². The van der Waals surface area contributed by atoms with Gasteiger partial charge in [0.05, 0.1) is 16.8 Å². The Balaban J connectivity index is 0.00000567. The third-order valence-electron chi connectivity index (χ3n) is 8.46. The number of anilines is 1. The number of hydrazine groups is 2. The maximum absolute atomic E-state index is 13.5. The number of hydrogen-bond donors (Lipinski definition) is 8. The summed E-state index contributed by atoms with van der Waals surface area (Å²) in [4.78, 5) is 67.3. The van der Waals surface area contributed by atoms with Crippen molar-refractivity contribution in [2.45, 2.75) is 24.9 Å². The summed E-state index contributed by atoms with van der Waals surface area (Å²) in [7, 11) is 0. The van der Waals surface area contributed by atoms with Gasteiger partial charge in [-0.05, 0) is 54.5 Å². The molecule has 2 atom stereocenters. The number of fused-ring (bicyclic) bond motifs is 2. The van der Waals surface area contributed by atoms with Crippen LogP contribution < -0.4 is 16.6 Å². The number of aliphatic carboxylic acids is 1. The number of carbonyl (C=O) groups is 4. The molecule has 9 N–H and O–H groups in total. The first-order valence-electron chi connectivity index (χ1n) is 16.5. The Bertz CT molecular complexity index is 2350. The number of aliphatic imine (C=N–C) groups is 1. The molecule has 0 aliphatic carbocycles. The standard InChI is InChI=1S/C34H31N9O11S3.Na.H/c1-15-6-25(43-24(36-15)9-41(40-43)14-53-33(52)17-3-5-21(45)23(47)8-17)55-11-18-12-56-31-27(30(49)42(31)28(18)32(50)51)38-29(48)26(19-13-57-34(35)37-19)39-54-10-16-2-4-20(44)22(46)7-16;;/h2-9,13,27,31,40,44-47H,10-12,14H2,1H3,(H2,35,37)(H,38,48)(H,50,51);;/t27-,31-;;/m1../s1. The van der Waals surface area contributed by atoms with Crippen LogP contribution in [0.1, 0.15) is 28.5 Å². The molecule has 0 spiro atoms. The number of aromatic nitrogens is 1. The predicted molar refractivity (Wildman–Crippen MR) is 213 cm³/mol. The molecule has 58 heavy (non-hydrogen) atoms. The minimum absolute atomic E-state index is 0. The first-order valence-corrected chi connectivity index (χ1v) is 19.5. The molecule has 20 nitrogen and oxygen atoms in total. The molecule has 3 aromatic rings.